The second-order valence-electron chi connectivity index (χ2n) is 4.91. The Morgan fingerprint density at radius 2 is 2.26 bits per heavy atom. The van der Waals surface area contributed by atoms with Crippen LogP contribution in [0, 0.1) is 17.6 Å². The molecule has 1 amide bonds. The minimum atomic E-state index is -0.671. The fraction of sp³-hybridized carbons (Fsp3) is 0.500. The van der Waals surface area contributed by atoms with Crippen LogP contribution in [0.2, 0.25) is 0 Å². The molecule has 2 N–H and O–H groups in total. The van der Waals surface area contributed by atoms with E-state index in [1.54, 1.807) is 0 Å². The number of halogens is 2. The third kappa shape index (κ3) is 4.28. The number of hydrogen-bond acceptors (Lipinski definition) is 2. The van der Waals surface area contributed by atoms with Crippen molar-refractivity contribution in [3.05, 3.63) is 35.4 Å². The molecule has 1 aromatic carbocycles. The molecule has 1 fully saturated rings. The molecule has 104 valence electrons. The first-order valence-corrected chi connectivity index (χ1v) is 6.56. The number of benzene rings is 1. The molecule has 0 saturated carbocycles. The first kappa shape index (κ1) is 13.9. The normalized spacial score (nSPS) is 18.5. The molecule has 0 bridgehead atoms. The molecule has 0 radical (unpaired) electrons. The van der Waals surface area contributed by atoms with Crippen LogP contribution in [0.15, 0.2) is 18.2 Å². The van der Waals surface area contributed by atoms with Gasteiger partial charge in [-0.15, -0.1) is 0 Å². The highest BCUT2D eigenvalue weighted by molar-refractivity contribution is 5.78. The van der Waals surface area contributed by atoms with E-state index in [2.05, 4.69) is 10.6 Å². The number of carbonyl (C=O) groups excluding carboxylic acids is 1. The molecular weight excluding hydrogens is 250 g/mol. The topological polar surface area (TPSA) is 41.1 Å². The van der Waals surface area contributed by atoms with E-state index in [1.165, 1.54) is 6.07 Å². The zero-order valence-corrected chi connectivity index (χ0v) is 10.7. The van der Waals surface area contributed by atoms with Crippen LogP contribution in [-0.4, -0.2) is 25.5 Å². The number of amides is 1. The highest BCUT2D eigenvalue weighted by Crippen LogP contribution is 2.12. The molecule has 0 aromatic heterocycles. The maximum absolute atomic E-state index is 13.4. The average Bonchev–Trinajstić information content (AvgIpc) is 2.86. The Balaban J connectivity index is 1.74. The fourth-order valence-corrected chi connectivity index (χ4v) is 2.28. The third-order valence-electron chi connectivity index (χ3n) is 3.40. The van der Waals surface area contributed by atoms with Crippen molar-refractivity contribution < 1.29 is 13.6 Å². The maximum Gasteiger partial charge on any atom is 0.224 e. The molecule has 1 heterocycles. The van der Waals surface area contributed by atoms with Crippen molar-refractivity contribution in [2.45, 2.75) is 19.3 Å². The Morgan fingerprint density at radius 3 is 2.95 bits per heavy atom. The highest BCUT2D eigenvalue weighted by Gasteiger charge is 2.14. The lowest BCUT2D eigenvalue weighted by molar-refractivity contribution is -0.120. The van der Waals surface area contributed by atoms with Gasteiger partial charge in [-0.25, -0.2) is 8.78 Å². The molecule has 1 aromatic rings. The summed E-state index contributed by atoms with van der Waals surface area (Å²) in [7, 11) is 0. The van der Waals surface area contributed by atoms with E-state index in [1.807, 2.05) is 0 Å². The standard InChI is InChI=1S/C14H18F2N2O/c15-12-2-1-11(13(16)8-12)7-14(19)18-6-4-10-3-5-17-9-10/h1-2,8,10,17H,3-7,9H2,(H,18,19)/t10-/m0/s1. The second-order valence-corrected chi connectivity index (χ2v) is 4.91. The number of nitrogens with one attached hydrogen (secondary N) is 2. The predicted molar refractivity (Wildman–Crippen MR) is 68.7 cm³/mol. The summed E-state index contributed by atoms with van der Waals surface area (Å²) in [5.74, 6) is -0.912. The van der Waals surface area contributed by atoms with Crippen LogP contribution in [-0.2, 0) is 11.2 Å². The van der Waals surface area contributed by atoms with Gasteiger partial charge in [-0.3, -0.25) is 4.79 Å². The summed E-state index contributed by atoms with van der Waals surface area (Å²) in [6.07, 6.45) is 2.03. The van der Waals surface area contributed by atoms with Crippen molar-refractivity contribution in [2.24, 2.45) is 5.92 Å². The van der Waals surface area contributed by atoms with E-state index < -0.39 is 11.6 Å². The summed E-state index contributed by atoms with van der Waals surface area (Å²) >= 11 is 0. The van der Waals surface area contributed by atoms with Gasteiger partial charge in [-0.2, -0.15) is 0 Å². The second kappa shape index (κ2) is 6.61. The summed E-state index contributed by atoms with van der Waals surface area (Å²) in [4.78, 5) is 11.6. The predicted octanol–water partition coefficient (Wildman–Crippen LogP) is 1.62. The molecule has 1 saturated heterocycles. The molecule has 0 unspecified atom stereocenters. The van der Waals surface area contributed by atoms with Gasteiger partial charge in [0.15, 0.2) is 0 Å². The molecule has 2 rings (SSSR count). The lowest BCUT2D eigenvalue weighted by Crippen LogP contribution is -2.28. The van der Waals surface area contributed by atoms with Crippen LogP contribution in [0.25, 0.3) is 0 Å². The zero-order chi connectivity index (χ0) is 13.7. The van der Waals surface area contributed by atoms with Crippen molar-refractivity contribution in [3.63, 3.8) is 0 Å². The van der Waals surface area contributed by atoms with Crippen LogP contribution in [0.1, 0.15) is 18.4 Å². The molecule has 1 aliphatic rings. The molecule has 1 aliphatic heterocycles. The average molecular weight is 268 g/mol. The molecule has 0 spiro atoms. The number of carbonyl (C=O) groups is 1. The van der Waals surface area contributed by atoms with Crippen molar-refractivity contribution in [3.8, 4) is 0 Å². The van der Waals surface area contributed by atoms with Gasteiger partial charge in [0.1, 0.15) is 11.6 Å². The van der Waals surface area contributed by atoms with E-state index in [4.69, 9.17) is 0 Å². The Morgan fingerprint density at radius 1 is 1.42 bits per heavy atom. The first-order valence-electron chi connectivity index (χ1n) is 6.56. The van der Waals surface area contributed by atoms with E-state index in [9.17, 15) is 13.6 Å². The van der Waals surface area contributed by atoms with E-state index in [-0.39, 0.29) is 17.9 Å². The smallest absolute Gasteiger partial charge is 0.224 e. The Kier molecular flexibility index (Phi) is 4.85. The van der Waals surface area contributed by atoms with Crippen LogP contribution in [0.4, 0.5) is 8.78 Å². The summed E-state index contributed by atoms with van der Waals surface area (Å²) in [6, 6.07) is 3.27. The first-order chi connectivity index (χ1) is 9.15. The van der Waals surface area contributed by atoms with Crippen molar-refractivity contribution in [2.75, 3.05) is 19.6 Å². The van der Waals surface area contributed by atoms with Crippen LogP contribution >= 0.6 is 0 Å². The summed E-state index contributed by atoms with van der Waals surface area (Å²) in [5.41, 5.74) is 0.224. The largest absolute Gasteiger partial charge is 0.356 e. The highest BCUT2D eigenvalue weighted by atomic mass is 19.1. The summed E-state index contributed by atoms with van der Waals surface area (Å²) in [6.45, 7) is 2.65. The number of rotatable bonds is 5. The van der Waals surface area contributed by atoms with Gasteiger partial charge in [0.05, 0.1) is 6.42 Å². The van der Waals surface area contributed by atoms with Crippen molar-refractivity contribution in [1.29, 1.82) is 0 Å². The zero-order valence-electron chi connectivity index (χ0n) is 10.7. The van der Waals surface area contributed by atoms with E-state index >= 15 is 0 Å². The summed E-state index contributed by atoms with van der Waals surface area (Å²) < 4.78 is 26.1. The van der Waals surface area contributed by atoms with E-state index in [0.29, 0.717) is 12.5 Å². The van der Waals surface area contributed by atoms with Gasteiger partial charge < -0.3 is 10.6 Å². The Bertz CT molecular complexity index is 445. The third-order valence-corrected chi connectivity index (χ3v) is 3.40. The quantitative estimate of drug-likeness (QED) is 0.852. The van der Waals surface area contributed by atoms with Gasteiger partial charge >= 0.3 is 0 Å². The molecule has 19 heavy (non-hydrogen) atoms. The van der Waals surface area contributed by atoms with Gasteiger partial charge in [0.2, 0.25) is 5.91 Å². The Hall–Kier alpha value is -1.49. The van der Waals surface area contributed by atoms with Crippen LogP contribution < -0.4 is 10.6 Å². The fourth-order valence-electron chi connectivity index (χ4n) is 2.28. The van der Waals surface area contributed by atoms with Crippen LogP contribution in [0.3, 0.4) is 0 Å². The lowest BCUT2D eigenvalue weighted by atomic mass is 10.1. The molecule has 1 atom stereocenters. The molecule has 3 nitrogen and oxygen atoms in total. The minimum absolute atomic E-state index is 0.0466. The molecule has 5 heteroatoms. The molecular formula is C14H18F2N2O. The Labute approximate surface area is 111 Å². The number of hydrogen-bond donors (Lipinski definition) is 2. The van der Waals surface area contributed by atoms with Crippen LogP contribution in [0.5, 0.6) is 0 Å². The van der Waals surface area contributed by atoms with Gasteiger partial charge in [0, 0.05) is 12.6 Å². The lowest BCUT2D eigenvalue weighted by Gasteiger charge is -2.09. The summed E-state index contributed by atoms with van der Waals surface area (Å²) in [5, 5.41) is 6.04. The maximum atomic E-state index is 13.4. The van der Waals surface area contributed by atoms with Gasteiger partial charge in [-0.05, 0) is 43.5 Å². The van der Waals surface area contributed by atoms with Crippen molar-refractivity contribution >= 4 is 5.91 Å². The SMILES string of the molecule is O=C(Cc1ccc(F)cc1F)NCC[C@@H]1CCNC1. The van der Waals surface area contributed by atoms with Gasteiger partial charge in [0.25, 0.3) is 0 Å². The molecule has 0 aliphatic carbocycles. The van der Waals surface area contributed by atoms with Gasteiger partial charge in [-0.1, -0.05) is 6.07 Å². The van der Waals surface area contributed by atoms with Crippen molar-refractivity contribution in [1.82, 2.24) is 10.6 Å². The van der Waals surface area contributed by atoms with E-state index in [0.717, 1.165) is 38.1 Å². The monoisotopic (exact) mass is 268 g/mol. The minimum Gasteiger partial charge on any atom is -0.356 e.